The van der Waals surface area contributed by atoms with Crippen LogP contribution in [0.3, 0.4) is 0 Å². The van der Waals surface area contributed by atoms with Crippen molar-refractivity contribution in [1.82, 2.24) is 10.2 Å². The molecular formula is C15H24ClN3O3. The van der Waals surface area contributed by atoms with Crippen LogP contribution in [0, 0.1) is 5.92 Å². The van der Waals surface area contributed by atoms with E-state index in [0.717, 1.165) is 12.8 Å². The first kappa shape index (κ1) is 18.5. The average molecular weight is 330 g/mol. The van der Waals surface area contributed by atoms with Crippen LogP contribution < -0.4 is 11.1 Å². The molecule has 0 saturated carbocycles. The molecule has 1 aliphatic rings. The summed E-state index contributed by atoms with van der Waals surface area (Å²) in [5, 5.41) is 2.70. The minimum atomic E-state index is -0.542. The lowest BCUT2D eigenvalue weighted by Gasteiger charge is -2.35. The number of nitrogens with zero attached hydrogens (tertiary/aromatic N) is 1. The number of halogens is 1. The van der Waals surface area contributed by atoms with Crippen molar-refractivity contribution >= 4 is 24.2 Å². The van der Waals surface area contributed by atoms with Crippen LogP contribution in [-0.2, 0) is 4.79 Å². The molecule has 0 aromatic carbocycles. The maximum atomic E-state index is 12.3. The fourth-order valence-corrected chi connectivity index (χ4v) is 2.65. The van der Waals surface area contributed by atoms with Gasteiger partial charge in [0.15, 0.2) is 0 Å². The van der Waals surface area contributed by atoms with Crippen LogP contribution >= 0.6 is 12.4 Å². The summed E-state index contributed by atoms with van der Waals surface area (Å²) in [5.41, 5.74) is 6.32. The van der Waals surface area contributed by atoms with Crippen molar-refractivity contribution in [2.24, 2.45) is 11.7 Å². The van der Waals surface area contributed by atoms with Crippen LogP contribution in [0.15, 0.2) is 23.0 Å². The summed E-state index contributed by atoms with van der Waals surface area (Å²) in [6.45, 7) is 5.13. The lowest BCUT2D eigenvalue weighted by Crippen LogP contribution is -2.50. The van der Waals surface area contributed by atoms with Gasteiger partial charge in [0.1, 0.15) is 12.3 Å². The van der Waals surface area contributed by atoms with Crippen LogP contribution in [0.25, 0.3) is 0 Å². The number of piperidine rings is 1. The van der Waals surface area contributed by atoms with E-state index in [-0.39, 0.29) is 30.3 Å². The lowest BCUT2D eigenvalue weighted by atomic mass is 9.91. The molecule has 0 bridgehead atoms. The number of amides is 2. The Morgan fingerprint density at radius 3 is 2.50 bits per heavy atom. The molecule has 6 nitrogen and oxygen atoms in total. The van der Waals surface area contributed by atoms with Crippen molar-refractivity contribution in [3.05, 3.63) is 24.2 Å². The van der Waals surface area contributed by atoms with Crippen molar-refractivity contribution in [3.63, 3.8) is 0 Å². The van der Waals surface area contributed by atoms with E-state index in [9.17, 15) is 9.59 Å². The Bertz CT molecular complexity index is 482. The summed E-state index contributed by atoms with van der Waals surface area (Å²) >= 11 is 0. The number of hydrogen-bond donors (Lipinski definition) is 2. The number of furan rings is 1. The highest BCUT2D eigenvalue weighted by Gasteiger charge is 2.28. The number of nitrogens with two attached hydrogens (primary N) is 1. The van der Waals surface area contributed by atoms with Gasteiger partial charge in [0.25, 0.3) is 5.91 Å². The highest BCUT2D eigenvalue weighted by Crippen LogP contribution is 2.20. The van der Waals surface area contributed by atoms with Gasteiger partial charge in [-0.25, -0.2) is 0 Å². The number of carbonyl (C=O) groups is 2. The molecular weight excluding hydrogens is 306 g/mol. The molecule has 1 aromatic rings. The highest BCUT2D eigenvalue weighted by molar-refractivity contribution is 5.97. The first-order chi connectivity index (χ1) is 9.99. The topological polar surface area (TPSA) is 88.6 Å². The fraction of sp³-hybridized carbons (Fsp3) is 0.600. The van der Waals surface area contributed by atoms with Crippen LogP contribution in [0.2, 0.25) is 0 Å². The molecule has 0 spiro atoms. The number of likely N-dealkylation sites (tertiary alicyclic amines) is 1. The maximum absolute atomic E-state index is 12.3. The second kappa shape index (κ2) is 8.19. The van der Waals surface area contributed by atoms with Crippen LogP contribution in [0.5, 0.6) is 0 Å². The van der Waals surface area contributed by atoms with Crippen molar-refractivity contribution in [1.29, 1.82) is 0 Å². The third-order valence-corrected chi connectivity index (χ3v) is 4.10. The minimum absolute atomic E-state index is 0. The fourth-order valence-electron chi connectivity index (χ4n) is 2.65. The first-order valence-corrected chi connectivity index (χ1v) is 7.36. The largest absolute Gasteiger partial charge is 0.472 e. The monoisotopic (exact) mass is 329 g/mol. The third kappa shape index (κ3) is 4.48. The molecule has 0 radical (unpaired) electrons. The summed E-state index contributed by atoms with van der Waals surface area (Å²) < 4.78 is 4.86. The van der Waals surface area contributed by atoms with Gasteiger partial charge in [-0.1, -0.05) is 0 Å². The molecule has 1 aromatic heterocycles. The molecule has 2 rings (SSSR count). The van der Waals surface area contributed by atoms with Gasteiger partial charge in [0.2, 0.25) is 5.91 Å². The van der Waals surface area contributed by atoms with E-state index in [4.69, 9.17) is 10.2 Å². The third-order valence-electron chi connectivity index (χ3n) is 4.10. The minimum Gasteiger partial charge on any atom is -0.472 e. The van der Waals surface area contributed by atoms with E-state index in [0.29, 0.717) is 24.6 Å². The van der Waals surface area contributed by atoms with Crippen LogP contribution in [-0.4, -0.2) is 41.9 Å². The van der Waals surface area contributed by atoms with E-state index >= 15 is 0 Å². The van der Waals surface area contributed by atoms with E-state index in [1.165, 1.54) is 12.5 Å². The first-order valence-electron chi connectivity index (χ1n) is 7.36. The summed E-state index contributed by atoms with van der Waals surface area (Å²) in [6.07, 6.45) is 4.64. The molecule has 1 aliphatic heterocycles. The number of rotatable bonds is 4. The smallest absolute Gasteiger partial charge is 0.255 e. The summed E-state index contributed by atoms with van der Waals surface area (Å²) in [6, 6.07) is 1.19. The Balaban J connectivity index is 0.00000242. The zero-order valence-electron chi connectivity index (χ0n) is 13.0. The van der Waals surface area contributed by atoms with E-state index < -0.39 is 6.04 Å². The molecule has 2 amide bonds. The second-order valence-corrected chi connectivity index (χ2v) is 5.73. The van der Waals surface area contributed by atoms with Gasteiger partial charge in [0, 0.05) is 19.1 Å². The summed E-state index contributed by atoms with van der Waals surface area (Å²) in [5.74, 6) is 0.134. The van der Waals surface area contributed by atoms with Gasteiger partial charge in [-0.05, 0) is 38.7 Å². The Kier molecular flexibility index (Phi) is 6.90. The van der Waals surface area contributed by atoms with Crippen LogP contribution in [0.1, 0.15) is 37.0 Å². The van der Waals surface area contributed by atoms with Crippen molar-refractivity contribution in [2.45, 2.75) is 38.8 Å². The van der Waals surface area contributed by atoms with E-state index in [1.54, 1.807) is 17.9 Å². The molecule has 2 heterocycles. The number of carbonyl (C=O) groups excluding carboxylic acids is 2. The molecule has 2 unspecified atom stereocenters. The molecule has 1 saturated heterocycles. The van der Waals surface area contributed by atoms with Gasteiger partial charge in [0.05, 0.1) is 11.8 Å². The van der Waals surface area contributed by atoms with Gasteiger partial charge in [-0.3, -0.25) is 9.59 Å². The Morgan fingerprint density at radius 2 is 2.00 bits per heavy atom. The number of hydrogen-bond acceptors (Lipinski definition) is 4. The van der Waals surface area contributed by atoms with Gasteiger partial charge >= 0.3 is 0 Å². The van der Waals surface area contributed by atoms with Gasteiger partial charge in [-0.15, -0.1) is 12.4 Å². The maximum Gasteiger partial charge on any atom is 0.255 e. The molecule has 3 N–H and O–H groups in total. The van der Waals surface area contributed by atoms with E-state index in [1.807, 2.05) is 6.92 Å². The standard InChI is InChI=1S/C15H23N3O3.ClH/c1-10(16)12-3-6-18(7-4-12)15(20)11(2)17-14(19)13-5-8-21-9-13;/h5,8-12H,3-4,6-7,16H2,1-2H3,(H,17,19);1H. The molecule has 124 valence electrons. The van der Waals surface area contributed by atoms with Gasteiger partial charge < -0.3 is 20.4 Å². The van der Waals surface area contributed by atoms with Crippen molar-refractivity contribution < 1.29 is 14.0 Å². The number of nitrogens with one attached hydrogen (secondary N) is 1. The molecule has 22 heavy (non-hydrogen) atoms. The van der Waals surface area contributed by atoms with Crippen molar-refractivity contribution in [2.75, 3.05) is 13.1 Å². The normalized spacial score (nSPS) is 18.2. The molecule has 0 aliphatic carbocycles. The Labute approximate surface area is 136 Å². The average Bonchev–Trinajstić information content (AvgIpc) is 3.00. The SMILES string of the molecule is CC(NC(=O)c1ccoc1)C(=O)N1CCC(C(C)N)CC1.Cl. The zero-order valence-corrected chi connectivity index (χ0v) is 13.8. The zero-order chi connectivity index (χ0) is 15.4. The molecule has 2 atom stereocenters. The molecule has 7 heteroatoms. The van der Waals surface area contributed by atoms with Crippen molar-refractivity contribution in [3.8, 4) is 0 Å². The lowest BCUT2D eigenvalue weighted by molar-refractivity contribution is -0.134. The van der Waals surface area contributed by atoms with Crippen LogP contribution in [0.4, 0.5) is 0 Å². The Hall–Kier alpha value is -1.53. The quantitative estimate of drug-likeness (QED) is 0.874. The predicted molar refractivity (Wildman–Crippen MR) is 85.8 cm³/mol. The Morgan fingerprint density at radius 1 is 1.36 bits per heavy atom. The van der Waals surface area contributed by atoms with E-state index in [2.05, 4.69) is 5.32 Å². The highest BCUT2D eigenvalue weighted by atomic mass is 35.5. The molecule has 1 fully saturated rings. The predicted octanol–water partition coefficient (Wildman–Crippen LogP) is 1.41. The summed E-state index contributed by atoms with van der Waals surface area (Å²) in [7, 11) is 0. The second-order valence-electron chi connectivity index (χ2n) is 5.73. The summed E-state index contributed by atoms with van der Waals surface area (Å²) in [4.78, 5) is 26.0. The van der Waals surface area contributed by atoms with Gasteiger partial charge in [-0.2, -0.15) is 0 Å².